The van der Waals surface area contributed by atoms with Crippen LogP contribution in [0, 0.1) is 0 Å². The number of hydrogen-bond acceptors (Lipinski definition) is 4. The average Bonchev–Trinajstić information content (AvgIpc) is 2.26. The van der Waals surface area contributed by atoms with Crippen LogP contribution in [0.1, 0.15) is 34.6 Å². The summed E-state index contributed by atoms with van der Waals surface area (Å²) in [5, 5.41) is 12.8. The second-order valence-corrected chi connectivity index (χ2v) is 7.48. The molecule has 0 amide bonds. The van der Waals surface area contributed by atoms with Crippen molar-refractivity contribution in [3.63, 3.8) is 0 Å². The molecule has 0 bridgehead atoms. The molecule has 0 aliphatic carbocycles. The summed E-state index contributed by atoms with van der Waals surface area (Å²) in [6.45, 7) is 8.84. The van der Waals surface area contributed by atoms with E-state index >= 15 is 0 Å². The van der Waals surface area contributed by atoms with Gasteiger partial charge in [0.2, 0.25) is 10.0 Å². The second kappa shape index (κ2) is 6.11. The normalized spacial score (nSPS) is 14.3. The molecule has 3 N–H and O–H groups in total. The molecule has 114 valence electrons. The summed E-state index contributed by atoms with van der Waals surface area (Å²) in [5.41, 5.74) is -0.157. The van der Waals surface area contributed by atoms with Gasteiger partial charge in [-0.05, 0) is 46.8 Å². The zero-order valence-electron chi connectivity index (χ0n) is 12.6. The molecule has 1 unspecified atom stereocenters. The Morgan fingerprint density at radius 2 is 1.70 bits per heavy atom. The van der Waals surface area contributed by atoms with Crippen molar-refractivity contribution in [1.29, 1.82) is 0 Å². The Labute approximate surface area is 121 Å². The van der Waals surface area contributed by atoms with Crippen LogP contribution in [-0.4, -0.2) is 31.2 Å². The van der Waals surface area contributed by atoms with E-state index in [1.54, 1.807) is 45.0 Å². The van der Waals surface area contributed by atoms with Crippen LogP contribution in [-0.2, 0) is 10.0 Å². The van der Waals surface area contributed by atoms with Crippen LogP contribution in [0.4, 0.5) is 5.69 Å². The van der Waals surface area contributed by atoms with Crippen LogP contribution in [0.25, 0.3) is 0 Å². The Hall–Kier alpha value is -1.11. The Morgan fingerprint density at radius 3 is 2.20 bits per heavy atom. The molecule has 0 radical (unpaired) electrons. The summed E-state index contributed by atoms with van der Waals surface area (Å²) < 4.78 is 27.2. The first-order chi connectivity index (χ1) is 9.06. The molecule has 0 saturated heterocycles. The highest BCUT2D eigenvalue weighted by Gasteiger charge is 2.27. The van der Waals surface area contributed by atoms with E-state index in [1.807, 2.05) is 13.8 Å². The van der Waals surface area contributed by atoms with E-state index < -0.39 is 21.7 Å². The van der Waals surface area contributed by atoms with Gasteiger partial charge in [0, 0.05) is 6.04 Å². The van der Waals surface area contributed by atoms with Crippen LogP contribution in [0.5, 0.6) is 0 Å². The van der Waals surface area contributed by atoms with Crippen molar-refractivity contribution in [3.8, 4) is 0 Å². The van der Waals surface area contributed by atoms with E-state index in [2.05, 4.69) is 10.0 Å². The van der Waals surface area contributed by atoms with Gasteiger partial charge in [-0.3, -0.25) is 0 Å². The zero-order chi connectivity index (χ0) is 15.6. The van der Waals surface area contributed by atoms with Crippen LogP contribution in [0.2, 0.25) is 0 Å². The number of benzene rings is 1. The van der Waals surface area contributed by atoms with E-state index in [4.69, 9.17) is 0 Å². The molecule has 5 nitrogen and oxygen atoms in total. The van der Waals surface area contributed by atoms with Crippen molar-refractivity contribution in [2.45, 2.75) is 57.2 Å². The lowest BCUT2D eigenvalue weighted by Crippen LogP contribution is -2.42. The minimum Gasteiger partial charge on any atom is -0.391 e. The van der Waals surface area contributed by atoms with E-state index in [0.717, 1.165) is 0 Å². The SMILES string of the molecule is CC(C)NS(=O)(=O)c1ccccc1NC(C)(C)C(C)O. The number of aliphatic hydroxyl groups excluding tert-OH is 1. The minimum absolute atomic E-state index is 0.183. The van der Waals surface area contributed by atoms with Gasteiger partial charge in [-0.1, -0.05) is 12.1 Å². The summed E-state index contributed by atoms with van der Waals surface area (Å²) in [7, 11) is -3.58. The van der Waals surface area contributed by atoms with Crippen molar-refractivity contribution in [1.82, 2.24) is 4.72 Å². The third kappa shape index (κ3) is 4.19. The zero-order valence-corrected chi connectivity index (χ0v) is 13.5. The molecule has 6 heteroatoms. The number of nitrogens with one attached hydrogen (secondary N) is 2. The van der Waals surface area contributed by atoms with Crippen molar-refractivity contribution in [2.24, 2.45) is 0 Å². The highest BCUT2D eigenvalue weighted by atomic mass is 32.2. The number of sulfonamides is 1. The number of rotatable bonds is 6. The average molecular weight is 300 g/mol. The van der Waals surface area contributed by atoms with Gasteiger partial charge in [-0.25, -0.2) is 13.1 Å². The lowest BCUT2D eigenvalue weighted by atomic mass is 9.98. The Balaban J connectivity index is 3.19. The maximum absolute atomic E-state index is 12.3. The molecule has 1 aromatic carbocycles. The van der Waals surface area contributed by atoms with Crippen molar-refractivity contribution in [2.75, 3.05) is 5.32 Å². The third-order valence-electron chi connectivity index (χ3n) is 3.07. The van der Waals surface area contributed by atoms with Gasteiger partial charge < -0.3 is 10.4 Å². The van der Waals surface area contributed by atoms with E-state index in [0.29, 0.717) is 5.69 Å². The molecule has 0 saturated carbocycles. The van der Waals surface area contributed by atoms with Crippen LogP contribution >= 0.6 is 0 Å². The van der Waals surface area contributed by atoms with Crippen LogP contribution in [0.15, 0.2) is 29.2 Å². The van der Waals surface area contributed by atoms with Gasteiger partial charge >= 0.3 is 0 Å². The minimum atomic E-state index is -3.58. The van der Waals surface area contributed by atoms with Crippen LogP contribution in [0.3, 0.4) is 0 Å². The maximum atomic E-state index is 12.3. The van der Waals surface area contributed by atoms with Crippen LogP contribution < -0.4 is 10.0 Å². The smallest absolute Gasteiger partial charge is 0.242 e. The molecule has 20 heavy (non-hydrogen) atoms. The molecule has 0 aliphatic rings. The standard InChI is InChI=1S/C14H24N2O3S/c1-10(2)16-20(18,19)13-9-7-6-8-12(13)15-14(4,5)11(3)17/h6-11,15-17H,1-5H3. The molecule has 0 spiro atoms. The molecule has 1 rings (SSSR count). The Morgan fingerprint density at radius 1 is 1.15 bits per heavy atom. The summed E-state index contributed by atoms with van der Waals surface area (Å²) in [6.07, 6.45) is -0.628. The van der Waals surface area contributed by atoms with Gasteiger partial charge in [0.15, 0.2) is 0 Å². The fourth-order valence-electron chi connectivity index (χ4n) is 1.63. The summed E-state index contributed by atoms with van der Waals surface area (Å²) in [6, 6.07) is 6.49. The molecule has 1 aromatic rings. The van der Waals surface area contributed by atoms with Gasteiger partial charge in [0.25, 0.3) is 0 Å². The first-order valence-corrected chi connectivity index (χ1v) is 8.12. The van der Waals surface area contributed by atoms with Gasteiger partial charge in [-0.15, -0.1) is 0 Å². The van der Waals surface area contributed by atoms with Gasteiger partial charge in [0.1, 0.15) is 4.90 Å². The predicted molar refractivity (Wildman–Crippen MR) is 81.3 cm³/mol. The molecular formula is C14H24N2O3S. The third-order valence-corrected chi connectivity index (χ3v) is 4.79. The van der Waals surface area contributed by atoms with E-state index in [-0.39, 0.29) is 10.9 Å². The summed E-state index contributed by atoms with van der Waals surface area (Å²) in [5.74, 6) is 0. The van der Waals surface area contributed by atoms with E-state index in [1.165, 1.54) is 0 Å². The Bertz CT molecular complexity index is 551. The number of hydrogen-bond donors (Lipinski definition) is 3. The number of anilines is 1. The van der Waals surface area contributed by atoms with Crippen molar-refractivity contribution in [3.05, 3.63) is 24.3 Å². The number of para-hydroxylation sites is 1. The first kappa shape index (κ1) is 16.9. The van der Waals surface area contributed by atoms with Gasteiger partial charge in [0.05, 0.1) is 17.3 Å². The topological polar surface area (TPSA) is 78.4 Å². The second-order valence-electron chi connectivity index (χ2n) is 5.79. The largest absolute Gasteiger partial charge is 0.391 e. The first-order valence-electron chi connectivity index (χ1n) is 6.64. The summed E-state index contributed by atoms with van der Waals surface area (Å²) >= 11 is 0. The lowest BCUT2D eigenvalue weighted by molar-refractivity contribution is 0.133. The Kier molecular flexibility index (Phi) is 5.18. The molecule has 0 aromatic heterocycles. The molecule has 1 atom stereocenters. The monoisotopic (exact) mass is 300 g/mol. The predicted octanol–water partition coefficient (Wildman–Crippen LogP) is 1.94. The molecule has 0 heterocycles. The van der Waals surface area contributed by atoms with Gasteiger partial charge in [-0.2, -0.15) is 0 Å². The molecule has 0 aliphatic heterocycles. The quantitative estimate of drug-likeness (QED) is 0.750. The maximum Gasteiger partial charge on any atom is 0.242 e. The fourth-order valence-corrected chi connectivity index (χ4v) is 3.04. The highest BCUT2D eigenvalue weighted by molar-refractivity contribution is 7.89. The fraction of sp³-hybridized carbons (Fsp3) is 0.571. The molecule has 0 fully saturated rings. The summed E-state index contributed by atoms with van der Waals surface area (Å²) in [4.78, 5) is 0.183. The lowest BCUT2D eigenvalue weighted by Gasteiger charge is -2.31. The van der Waals surface area contributed by atoms with E-state index in [9.17, 15) is 13.5 Å². The number of aliphatic hydroxyl groups is 1. The van der Waals surface area contributed by atoms with Crippen molar-refractivity contribution >= 4 is 15.7 Å². The molecular weight excluding hydrogens is 276 g/mol. The highest BCUT2D eigenvalue weighted by Crippen LogP contribution is 2.25. The van der Waals surface area contributed by atoms with Crippen molar-refractivity contribution < 1.29 is 13.5 Å².